The molecule has 0 unspecified atom stereocenters. The predicted molar refractivity (Wildman–Crippen MR) is 122 cm³/mol. The van der Waals surface area contributed by atoms with Crippen molar-refractivity contribution in [1.82, 2.24) is 20.3 Å². The Labute approximate surface area is 183 Å². The minimum absolute atomic E-state index is 0.228. The third kappa shape index (κ3) is 4.86. The largest absolute Gasteiger partial charge is 0.461 e. The maximum Gasteiger partial charge on any atom is 0.251 e. The lowest BCUT2D eigenvalue weighted by Crippen LogP contribution is -2.30. The van der Waals surface area contributed by atoms with Crippen LogP contribution in [0.1, 0.15) is 34.3 Å². The molecule has 31 heavy (non-hydrogen) atoms. The lowest BCUT2D eigenvalue weighted by Gasteiger charge is -2.18. The zero-order valence-corrected chi connectivity index (χ0v) is 18.0. The molecule has 0 saturated heterocycles. The quantitative estimate of drug-likeness (QED) is 0.454. The van der Waals surface area contributed by atoms with Crippen molar-refractivity contribution in [3.8, 4) is 11.5 Å². The number of fused-ring (bicyclic) bond motifs is 1. The zero-order chi connectivity index (χ0) is 21.8. The van der Waals surface area contributed by atoms with Crippen LogP contribution in [0.2, 0.25) is 0 Å². The molecule has 2 N–H and O–H groups in total. The number of hydrogen-bond donors (Lipinski definition) is 2. The molecule has 1 atom stereocenters. The predicted octanol–water partition coefficient (Wildman–Crippen LogP) is 4.11. The molecular formula is C23H22N4O3S. The Balaban J connectivity index is 1.64. The van der Waals surface area contributed by atoms with Crippen molar-refractivity contribution in [1.29, 1.82) is 0 Å². The van der Waals surface area contributed by atoms with Gasteiger partial charge in [-0.25, -0.2) is 4.98 Å². The Hall–Kier alpha value is -3.39. The van der Waals surface area contributed by atoms with E-state index in [0.29, 0.717) is 29.2 Å². The Morgan fingerprint density at radius 2 is 2.10 bits per heavy atom. The second kappa shape index (κ2) is 9.18. The first-order valence-corrected chi connectivity index (χ1v) is 11.3. The molecule has 0 aliphatic carbocycles. The Bertz CT molecular complexity index is 1270. The molecule has 7 nitrogen and oxygen atoms in total. The van der Waals surface area contributed by atoms with Crippen LogP contribution in [0.3, 0.4) is 0 Å². The molecule has 4 rings (SSSR count). The third-order valence-corrected chi connectivity index (χ3v) is 5.49. The number of aryl methyl sites for hydroxylation is 1. The van der Waals surface area contributed by atoms with Crippen molar-refractivity contribution in [2.24, 2.45) is 0 Å². The fourth-order valence-electron chi connectivity index (χ4n) is 3.37. The van der Waals surface area contributed by atoms with Crippen LogP contribution < -0.4 is 10.9 Å². The smallest absolute Gasteiger partial charge is 0.251 e. The second-order valence-electron chi connectivity index (χ2n) is 7.15. The number of rotatable bonds is 7. The summed E-state index contributed by atoms with van der Waals surface area (Å²) in [5.41, 5.74) is 2.05. The van der Waals surface area contributed by atoms with E-state index in [-0.39, 0.29) is 11.5 Å². The van der Waals surface area contributed by atoms with Crippen LogP contribution in [0, 0.1) is 6.92 Å². The van der Waals surface area contributed by atoms with Crippen LogP contribution in [-0.2, 0) is 0 Å². The summed E-state index contributed by atoms with van der Waals surface area (Å²) in [7, 11) is 0. The molecule has 0 fully saturated rings. The number of thioether (sulfide) groups is 1. The number of carbonyl (C=O) groups excluding carboxylic acids is 1. The van der Waals surface area contributed by atoms with Crippen molar-refractivity contribution in [3.05, 3.63) is 82.1 Å². The Morgan fingerprint density at radius 3 is 2.87 bits per heavy atom. The number of H-pyrrole nitrogens is 1. The van der Waals surface area contributed by atoms with Gasteiger partial charge < -0.3 is 14.7 Å². The molecule has 1 aromatic carbocycles. The SMILES string of the molecule is CSCC[C@@H](NC(=O)c1ccc2oc(C)cc2c1)c1cc(=O)[nH]c(-c2ccccn2)n1. The van der Waals surface area contributed by atoms with E-state index in [4.69, 9.17) is 4.42 Å². The van der Waals surface area contributed by atoms with E-state index in [9.17, 15) is 9.59 Å². The van der Waals surface area contributed by atoms with Crippen molar-refractivity contribution < 1.29 is 9.21 Å². The molecule has 0 radical (unpaired) electrons. The lowest BCUT2D eigenvalue weighted by molar-refractivity contribution is 0.0935. The number of benzene rings is 1. The molecule has 0 aliphatic rings. The highest BCUT2D eigenvalue weighted by molar-refractivity contribution is 7.98. The van der Waals surface area contributed by atoms with Crippen LogP contribution in [0.4, 0.5) is 0 Å². The average Bonchev–Trinajstić information content (AvgIpc) is 3.15. The first kappa shape index (κ1) is 20.9. The van der Waals surface area contributed by atoms with Crippen LogP contribution in [0.5, 0.6) is 0 Å². The molecule has 0 bridgehead atoms. The van der Waals surface area contributed by atoms with Crippen LogP contribution in [0.25, 0.3) is 22.5 Å². The van der Waals surface area contributed by atoms with E-state index in [1.165, 1.54) is 6.07 Å². The maximum absolute atomic E-state index is 13.0. The van der Waals surface area contributed by atoms with Gasteiger partial charge in [0.2, 0.25) is 0 Å². The number of hydrogen-bond acceptors (Lipinski definition) is 6. The summed E-state index contributed by atoms with van der Waals surface area (Å²) < 4.78 is 5.59. The van der Waals surface area contributed by atoms with E-state index in [0.717, 1.165) is 22.5 Å². The van der Waals surface area contributed by atoms with E-state index in [1.54, 1.807) is 48.3 Å². The third-order valence-electron chi connectivity index (χ3n) is 4.84. The Kier molecular flexibility index (Phi) is 6.18. The van der Waals surface area contributed by atoms with E-state index in [1.807, 2.05) is 25.3 Å². The molecule has 1 amide bonds. The van der Waals surface area contributed by atoms with Crippen molar-refractivity contribution in [2.75, 3.05) is 12.0 Å². The summed E-state index contributed by atoms with van der Waals surface area (Å²) >= 11 is 1.67. The van der Waals surface area contributed by atoms with E-state index >= 15 is 0 Å². The number of pyridine rings is 1. The zero-order valence-electron chi connectivity index (χ0n) is 17.2. The number of nitrogens with zero attached hydrogens (tertiary/aromatic N) is 2. The van der Waals surface area contributed by atoms with Crippen LogP contribution in [-0.4, -0.2) is 32.9 Å². The number of furan rings is 1. The average molecular weight is 435 g/mol. The lowest BCUT2D eigenvalue weighted by atomic mass is 10.1. The summed E-state index contributed by atoms with van der Waals surface area (Å²) in [5, 5.41) is 3.92. The number of nitrogens with one attached hydrogen (secondary N) is 2. The summed E-state index contributed by atoms with van der Waals surface area (Å²) in [4.78, 5) is 36.9. The fourth-order valence-corrected chi connectivity index (χ4v) is 3.84. The van der Waals surface area contributed by atoms with Gasteiger partial charge >= 0.3 is 0 Å². The van der Waals surface area contributed by atoms with Gasteiger partial charge in [-0.3, -0.25) is 14.6 Å². The van der Waals surface area contributed by atoms with E-state index < -0.39 is 6.04 Å². The van der Waals surface area contributed by atoms with Gasteiger partial charge in [-0.05, 0) is 61.8 Å². The first-order chi connectivity index (χ1) is 15.0. The summed E-state index contributed by atoms with van der Waals surface area (Å²) in [6.45, 7) is 1.87. The van der Waals surface area contributed by atoms with Gasteiger partial charge in [-0.2, -0.15) is 11.8 Å². The topological polar surface area (TPSA) is 101 Å². The fraction of sp³-hybridized carbons (Fsp3) is 0.217. The molecule has 0 saturated carbocycles. The van der Waals surface area contributed by atoms with Gasteiger partial charge in [0.1, 0.15) is 17.0 Å². The highest BCUT2D eigenvalue weighted by Crippen LogP contribution is 2.22. The molecule has 3 aromatic heterocycles. The molecule has 158 valence electrons. The van der Waals surface area contributed by atoms with Crippen molar-refractivity contribution >= 4 is 28.6 Å². The summed E-state index contributed by atoms with van der Waals surface area (Å²) in [5.74, 6) is 1.74. The molecule has 4 aromatic rings. The van der Waals surface area contributed by atoms with Gasteiger partial charge in [0.05, 0.1) is 11.7 Å². The second-order valence-corrected chi connectivity index (χ2v) is 8.14. The monoisotopic (exact) mass is 434 g/mol. The Morgan fingerprint density at radius 1 is 1.23 bits per heavy atom. The minimum Gasteiger partial charge on any atom is -0.461 e. The van der Waals surface area contributed by atoms with Crippen molar-refractivity contribution in [3.63, 3.8) is 0 Å². The van der Waals surface area contributed by atoms with Gasteiger partial charge in [-0.1, -0.05) is 6.07 Å². The number of aromatic amines is 1. The molecule has 8 heteroatoms. The van der Waals surface area contributed by atoms with Gasteiger partial charge in [0.25, 0.3) is 11.5 Å². The van der Waals surface area contributed by atoms with Gasteiger partial charge in [-0.15, -0.1) is 0 Å². The molecule has 0 spiro atoms. The number of amides is 1. The summed E-state index contributed by atoms with van der Waals surface area (Å²) in [6.07, 6.45) is 4.28. The standard InChI is InChI=1S/C23H22N4O3S/c1-14-11-16-12-15(6-7-20(16)30-14)23(29)26-17(8-10-31-2)19-13-21(28)27-22(25-19)18-5-3-4-9-24-18/h3-7,9,11-13,17H,8,10H2,1-2H3,(H,26,29)(H,25,27,28)/t17-/m1/s1. The highest BCUT2D eigenvalue weighted by Gasteiger charge is 2.19. The number of aromatic nitrogens is 3. The molecule has 3 heterocycles. The van der Waals surface area contributed by atoms with Crippen LogP contribution >= 0.6 is 11.8 Å². The van der Waals surface area contributed by atoms with Gasteiger partial charge in [0, 0.05) is 23.2 Å². The normalized spacial score (nSPS) is 12.1. The van der Waals surface area contributed by atoms with E-state index in [2.05, 4.69) is 20.3 Å². The van der Waals surface area contributed by atoms with Gasteiger partial charge in [0.15, 0.2) is 5.82 Å². The number of carbonyl (C=O) groups is 1. The maximum atomic E-state index is 13.0. The van der Waals surface area contributed by atoms with Crippen molar-refractivity contribution in [2.45, 2.75) is 19.4 Å². The molecular weight excluding hydrogens is 412 g/mol. The van der Waals surface area contributed by atoms with Crippen LogP contribution in [0.15, 0.2) is 63.9 Å². The highest BCUT2D eigenvalue weighted by atomic mass is 32.2. The first-order valence-electron chi connectivity index (χ1n) is 9.86. The minimum atomic E-state index is -0.411. The summed E-state index contributed by atoms with van der Waals surface area (Å²) in [6, 6.07) is 13.6. The molecule has 0 aliphatic heterocycles.